The molecule has 6 nitrogen and oxygen atoms in total. The van der Waals surface area contributed by atoms with Crippen molar-refractivity contribution in [2.24, 2.45) is 5.92 Å². The van der Waals surface area contributed by atoms with Crippen LogP contribution in [-0.2, 0) is 16.1 Å². The van der Waals surface area contributed by atoms with Gasteiger partial charge in [-0.25, -0.2) is 9.48 Å². The Labute approximate surface area is 125 Å². The maximum Gasteiger partial charge on any atom is 0.328 e. The van der Waals surface area contributed by atoms with Crippen LogP contribution in [0.1, 0.15) is 13.8 Å². The molecule has 108 valence electrons. The van der Waals surface area contributed by atoms with Crippen LogP contribution in [0.25, 0.3) is 0 Å². The predicted molar refractivity (Wildman–Crippen MR) is 79.3 cm³/mol. The van der Waals surface area contributed by atoms with Crippen molar-refractivity contribution in [2.75, 3.05) is 12.4 Å². The summed E-state index contributed by atoms with van der Waals surface area (Å²) in [6.45, 7) is 3.83. The summed E-state index contributed by atoms with van der Waals surface area (Å²) in [5.74, 6) is 1.93. The highest BCUT2D eigenvalue weighted by Gasteiger charge is 2.24. The highest BCUT2D eigenvalue weighted by atomic mass is 79.9. The highest BCUT2D eigenvalue weighted by Crippen LogP contribution is 2.19. The number of aromatic nitrogens is 2. The molecule has 0 fully saturated rings. The van der Waals surface area contributed by atoms with E-state index in [0.717, 1.165) is 4.68 Å². The average molecular weight is 342 g/mol. The number of hydrogen-bond acceptors (Lipinski definition) is 5. The molecule has 0 bridgehead atoms. The molecule has 1 unspecified atom stereocenters. The molecule has 1 atom stereocenters. The van der Waals surface area contributed by atoms with E-state index >= 15 is 0 Å². The second kappa shape index (κ2) is 7.10. The minimum Gasteiger partial charge on any atom is -0.467 e. The van der Waals surface area contributed by atoms with Gasteiger partial charge < -0.3 is 10.1 Å². The van der Waals surface area contributed by atoms with Crippen molar-refractivity contribution in [3.8, 4) is 12.3 Å². The number of halogens is 1. The van der Waals surface area contributed by atoms with E-state index in [1.165, 1.54) is 13.3 Å². The van der Waals surface area contributed by atoms with E-state index in [1.54, 1.807) is 0 Å². The summed E-state index contributed by atoms with van der Waals surface area (Å²) in [5.41, 5.74) is 0.0627. The number of ether oxygens (including phenoxy) is 1. The van der Waals surface area contributed by atoms with Crippen molar-refractivity contribution in [1.82, 2.24) is 9.78 Å². The number of hydrogen-bond donors (Lipinski definition) is 1. The molecule has 1 heterocycles. The summed E-state index contributed by atoms with van der Waals surface area (Å²) in [6, 6.07) is -0.569. The normalized spacial score (nSPS) is 11.8. The first-order chi connectivity index (χ1) is 9.42. The summed E-state index contributed by atoms with van der Waals surface area (Å²) >= 11 is 3.19. The van der Waals surface area contributed by atoms with Crippen LogP contribution in [0.3, 0.4) is 0 Å². The second-order valence-corrected chi connectivity index (χ2v) is 5.22. The lowest BCUT2D eigenvalue weighted by Crippen LogP contribution is -2.36. The number of carbonyl (C=O) groups is 1. The highest BCUT2D eigenvalue weighted by molar-refractivity contribution is 9.10. The molecule has 1 aromatic heterocycles. The van der Waals surface area contributed by atoms with Crippen LogP contribution >= 0.6 is 15.9 Å². The predicted octanol–water partition coefficient (Wildman–Crippen LogP) is 1.25. The third kappa shape index (κ3) is 3.61. The Morgan fingerprint density at radius 1 is 1.65 bits per heavy atom. The van der Waals surface area contributed by atoms with Gasteiger partial charge in [0, 0.05) is 0 Å². The van der Waals surface area contributed by atoms with Gasteiger partial charge in [0.05, 0.1) is 19.0 Å². The number of esters is 1. The van der Waals surface area contributed by atoms with E-state index in [4.69, 9.17) is 11.2 Å². The van der Waals surface area contributed by atoms with E-state index in [9.17, 15) is 9.59 Å². The first-order valence-corrected chi connectivity index (χ1v) is 6.75. The Kier molecular flexibility index (Phi) is 5.77. The Bertz CT molecular complexity index is 590. The molecule has 1 rings (SSSR count). The molecule has 0 amide bonds. The SMILES string of the molecule is C#CCn1ncc(NC(C(=O)OC)C(C)C)c(Br)c1=O. The lowest BCUT2D eigenvalue weighted by atomic mass is 10.0. The zero-order valence-electron chi connectivity index (χ0n) is 11.5. The lowest BCUT2D eigenvalue weighted by molar-refractivity contribution is -0.142. The minimum absolute atomic E-state index is 0.0116. The van der Waals surface area contributed by atoms with Crippen LogP contribution in [0, 0.1) is 18.3 Å². The number of terminal acetylenes is 1. The average Bonchev–Trinajstić information content (AvgIpc) is 2.42. The van der Waals surface area contributed by atoms with Crippen LogP contribution in [0.5, 0.6) is 0 Å². The largest absolute Gasteiger partial charge is 0.467 e. The first kappa shape index (κ1) is 16.2. The molecule has 7 heteroatoms. The zero-order valence-corrected chi connectivity index (χ0v) is 13.1. The molecule has 1 aromatic rings. The molecule has 0 spiro atoms. The summed E-state index contributed by atoms with van der Waals surface area (Å²) in [4.78, 5) is 23.7. The molecule has 0 aromatic carbocycles. The maximum atomic E-state index is 12.0. The molecular weight excluding hydrogens is 326 g/mol. The van der Waals surface area contributed by atoms with Gasteiger partial charge in [-0.2, -0.15) is 5.10 Å². The first-order valence-electron chi connectivity index (χ1n) is 5.95. The van der Waals surface area contributed by atoms with Crippen LogP contribution in [0.15, 0.2) is 15.5 Å². The molecule has 0 aliphatic carbocycles. The Hall–Kier alpha value is -1.81. The molecular formula is C13H16BrN3O3. The van der Waals surface area contributed by atoms with Crippen LogP contribution in [0.2, 0.25) is 0 Å². The third-order valence-electron chi connectivity index (χ3n) is 2.66. The van der Waals surface area contributed by atoms with E-state index in [1.807, 2.05) is 13.8 Å². The van der Waals surface area contributed by atoms with Gasteiger partial charge in [0.25, 0.3) is 5.56 Å². The van der Waals surface area contributed by atoms with Gasteiger partial charge in [-0.05, 0) is 21.8 Å². The summed E-state index contributed by atoms with van der Waals surface area (Å²) in [5, 5.41) is 6.90. The van der Waals surface area contributed by atoms with Crippen molar-refractivity contribution < 1.29 is 9.53 Å². The fourth-order valence-electron chi connectivity index (χ4n) is 1.56. The van der Waals surface area contributed by atoms with E-state index in [2.05, 4.69) is 32.3 Å². The molecule has 0 aliphatic heterocycles. The standard InChI is InChI=1S/C13H16BrN3O3/c1-5-6-17-12(18)10(14)9(7-15-17)16-11(8(2)3)13(19)20-4/h1,7-8,11,16H,6H2,2-4H3. The van der Waals surface area contributed by atoms with Crippen molar-refractivity contribution in [1.29, 1.82) is 0 Å². The van der Waals surface area contributed by atoms with Gasteiger partial charge in [-0.3, -0.25) is 4.79 Å². The van der Waals surface area contributed by atoms with Gasteiger partial charge in [0.1, 0.15) is 17.1 Å². The molecule has 0 aliphatic rings. The van der Waals surface area contributed by atoms with Gasteiger partial charge in [0.2, 0.25) is 0 Å². The number of carbonyl (C=O) groups excluding carboxylic acids is 1. The van der Waals surface area contributed by atoms with Crippen molar-refractivity contribution >= 4 is 27.6 Å². The van der Waals surface area contributed by atoms with Gasteiger partial charge in [-0.15, -0.1) is 6.42 Å². The van der Waals surface area contributed by atoms with Gasteiger partial charge in [0.15, 0.2) is 0 Å². The van der Waals surface area contributed by atoms with E-state index in [0.29, 0.717) is 5.69 Å². The fourth-order valence-corrected chi connectivity index (χ4v) is 1.98. The smallest absolute Gasteiger partial charge is 0.328 e. The third-order valence-corrected chi connectivity index (χ3v) is 3.43. The second-order valence-electron chi connectivity index (χ2n) is 4.43. The fraction of sp³-hybridized carbons (Fsp3) is 0.462. The maximum absolute atomic E-state index is 12.0. The number of anilines is 1. The topological polar surface area (TPSA) is 73.2 Å². The number of nitrogens with one attached hydrogen (secondary N) is 1. The van der Waals surface area contributed by atoms with Crippen molar-refractivity contribution in [2.45, 2.75) is 26.4 Å². The van der Waals surface area contributed by atoms with Crippen LogP contribution in [0.4, 0.5) is 5.69 Å². The Morgan fingerprint density at radius 3 is 2.80 bits per heavy atom. The minimum atomic E-state index is -0.569. The van der Waals surface area contributed by atoms with Gasteiger partial charge in [-0.1, -0.05) is 19.8 Å². The van der Waals surface area contributed by atoms with Crippen molar-refractivity contribution in [3.05, 3.63) is 21.0 Å². The molecule has 1 N–H and O–H groups in total. The lowest BCUT2D eigenvalue weighted by Gasteiger charge is -2.21. The Balaban J connectivity index is 3.09. The number of nitrogens with zero attached hydrogens (tertiary/aromatic N) is 2. The number of rotatable bonds is 5. The molecule has 0 radical (unpaired) electrons. The molecule has 0 saturated carbocycles. The van der Waals surface area contributed by atoms with E-state index < -0.39 is 12.0 Å². The summed E-state index contributed by atoms with van der Waals surface area (Å²) in [6.07, 6.45) is 6.60. The quantitative estimate of drug-likeness (QED) is 0.644. The molecule has 0 saturated heterocycles. The zero-order chi connectivity index (χ0) is 15.3. The summed E-state index contributed by atoms with van der Waals surface area (Å²) in [7, 11) is 1.32. The van der Waals surface area contributed by atoms with Crippen molar-refractivity contribution in [3.63, 3.8) is 0 Å². The van der Waals surface area contributed by atoms with E-state index in [-0.39, 0.29) is 22.5 Å². The summed E-state index contributed by atoms with van der Waals surface area (Å²) < 4.78 is 6.16. The van der Waals surface area contributed by atoms with Gasteiger partial charge >= 0.3 is 5.97 Å². The molecule has 20 heavy (non-hydrogen) atoms. The Morgan fingerprint density at radius 2 is 2.30 bits per heavy atom. The monoisotopic (exact) mass is 341 g/mol. The number of methoxy groups -OCH3 is 1. The van der Waals surface area contributed by atoms with Crippen LogP contribution < -0.4 is 10.9 Å². The van der Waals surface area contributed by atoms with Crippen LogP contribution in [-0.4, -0.2) is 28.9 Å².